The van der Waals surface area contributed by atoms with E-state index in [0.717, 1.165) is 22.7 Å². The van der Waals surface area contributed by atoms with Gasteiger partial charge in [-0.15, -0.1) is 0 Å². The number of hydrogen-bond acceptors (Lipinski definition) is 7. The van der Waals surface area contributed by atoms with Crippen LogP contribution in [-0.2, 0) is 17.9 Å². The summed E-state index contributed by atoms with van der Waals surface area (Å²) in [6.45, 7) is 0.699. The monoisotopic (exact) mass is 336 g/mol. The second-order valence-electron chi connectivity index (χ2n) is 5.38. The Morgan fingerprint density at radius 1 is 1.16 bits per heavy atom. The summed E-state index contributed by atoms with van der Waals surface area (Å²) >= 11 is 0. The van der Waals surface area contributed by atoms with Gasteiger partial charge in [-0.1, -0.05) is 35.5 Å². The van der Waals surface area contributed by atoms with Gasteiger partial charge in [0.25, 0.3) is 0 Å². The van der Waals surface area contributed by atoms with Crippen LogP contribution in [0.1, 0.15) is 11.7 Å². The van der Waals surface area contributed by atoms with Crippen molar-refractivity contribution in [2.75, 3.05) is 12.4 Å². The van der Waals surface area contributed by atoms with Crippen LogP contribution in [0.25, 0.3) is 16.9 Å². The lowest BCUT2D eigenvalue weighted by atomic mass is 10.1. The Labute approximate surface area is 143 Å². The molecule has 0 spiro atoms. The second-order valence-corrected chi connectivity index (χ2v) is 5.38. The predicted octanol–water partition coefficient (Wildman–Crippen LogP) is 2.54. The molecule has 0 saturated heterocycles. The highest BCUT2D eigenvalue weighted by molar-refractivity contribution is 5.66. The Morgan fingerprint density at radius 3 is 2.88 bits per heavy atom. The largest absolute Gasteiger partial charge is 0.377 e. The molecule has 0 aliphatic rings. The molecule has 0 fully saturated rings. The molecular formula is C17H16N6O2. The van der Waals surface area contributed by atoms with Gasteiger partial charge in [0, 0.05) is 24.8 Å². The first kappa shape index (κ1) is 15.3. The van der Waals surface area contributed by atoms with Gasteiger partial charge in [0.15, 0.2) is 11.5 Å². The van der Waals surface area contributed by atoms with Crippen LogP contribution in [0.4, 0.5) is 5.82 Å². The smallest absolute Gasteiger partial charge is 0.246 e. The fraction of sp³-hybridized carbons (Fsp3) is 0.176. The third-order valence-corrected chi connectivity index (χ3v) is 3.63. The molecule has 0 aliphatic heterocycles. The van der Waals surface area contributed by atoms with Crippen LogP contribution in [-0.4, -0.2) is 31.8 Å². The number of nitrogens with one attached hydrogen (secondary N) is 1. The number of rotatable bonds is 6. The van der Waals surface area contributed by atoms with E-state index in [2.05, 4.69) is 25.5 Å². The third kappa shape index (κ3) is 3.20. The van der Waals surface area contributed by atoms with E-state index in [-0.39, 0.29) is 0 Å². The van der Waals surface area contributed by atoms with Crippen molar-refractivity contribution in [2.24, 2.45) is 0 Å². The Bertz CT molecular complexity index is 979. The Hall–Kier alpha value is -3.26. The highest BCUT2D eigenvalue weighted by atomic mass is 16.5. The molecule has 0 aliphatic carbocycles. The van der Waals surface area contributed by atoms with Gasteiger partial charge < -0.3 is 14.6 Å². The number of methoxy groups -OCH3 is 1. The summed E-state index contributed by atoms with van der Waals surface area (Å²) in [5, 5.41) is 11.4. The third-order valence-electron chi connectivity index (χ3n) is 3.63. The van der Waals surface area contributed by atoms with Gasteiger partial charge in [-0.25, -0.2) is 4.98 Å². The van der Waals surface area contributed by atoms with E-state index in [4.69, 9.17) is 9.26 Å². The lowest BCUT2D eigenvalue weighted by molar-refractivity contribution is 0.174. The van der Waals surface area contributed by atoms with Crippen molar-refractivity contribution >= 4 is 11.5 Å². The predicted molar refractivity (Wildman–Crippen MR) is 90.8 cm³/mol. The topological polar surface area (TPSA) is 90.4 Å². The van der Waals surface area contributed by atoms with Gasteiger partial charge in [0.1, 0.15) is 12.4 Å². The van der Waals surface area contributed by atoms with Crippen LogP contribution in [0.5, 0.6) is 0 Å². The fourth-order valence-corrected chi connectivity index (χ4v) is 2.51. The summed E-state index contributed by atoms with van der Waals surface area (Å²) < 4.78 is 11.9. The molecule has 0 amide bonds. The lowest BCUT2D eigenvalue weighted by Gasteiger charge is -2.09. The quantitative estimate of drug-likeness (QED) is 0.578. The molecule has 1 N–H and O–H groups in total. The minimum Gasteiger partial charge on any atom is -0.377 e. The van der Waals surface area contributed by atoms with Crippen molar-refractivity contribution in [3.63, 3.8) is 0 Å². The van der Waals surface area contributed by atoms with Crippen LogP contribution < -0.4 is 5.32 Å². The molecule has 0 atom stereocenters. The van der Waals surface area contributed by atoms with Crippen LogP contribution in [0.2, 0.25) is 0 Å². The van der Waals surface area contributed by atoms with E-state index in [9.17, 15) is 0 Å². The first-order valence-electron chi connectivity index (χ1n) is 7.78. The lowest BCUT2D eigenvalue weighted by Crippen LogP contribution is -2.07. The first-order valence-corrected chi connectivity index (χ1v) is 7.78. The van der Waals surface area contributed by atoms with Crippen molar-refractivity contribution < 1.29 is 9.26 Å². The number of benzene rings is 1. The molecule has 0 saturated carbocycles. The van der Waals surface area contributed by atoms with Crippen molar-refractivity contribution in [1.29, 1.82) is 0 Å². The maximum Gasteiger partial charge on any atom is 0.246 e. The molecular weight excluding hydrogens is 320 g/mol. The van der Waals surface area contributed by atoms with Gasteiger partial charge in [-0.3, -0.25) is 0 Å². The molecule has 4 rings (SSSR count). The average molecular weight is 336 g/mol. The van der Waals surface area contributed by atoms with Crippen LogP contribution in [0.3, 0.4) is 0 Å². The molecule has 8 nitrogen and oxygen atoms in total. The van der Waals surface area contributed by atoms with Gasteiger partial charge in [0.2, 0.25) is 5.89 Å². The van der Waals surface area contributed by atoms with Crippen molar-refractivity contribution in [3.05, 3.63) is 60.4 Å². The van der Waals surface area contributed by atoms with Crippen LogP contribution in [0.15, 0.2) is 53.2 Å². The van der Waals surface area contributed by atoms with E-state index in [1.165, 1.54) is 0 Å². The number of anilines is 1. The molecule has 126 valence electrons. The van der Waals surface area contributed by atoms with E-state index < -0.39 is 0 Å². The van der Waals surface area contributed by atoms with Gasteiger partial charge in [-0.05, 0) is 0 Å². The zero-order chi connectivity index (χ0) is 17.1. The maximum atomic E-state index is 5.20. The molecule has 25 heavy (non-hydrogen) atoms. The van der Waals surface area contributed by atoms with E-state index >= 15 is 0 Å². The zero-order valence-electron chi connectivity index (χ0n) is 13.6. The Kier molecular flexibility index (Phi) is 4.09. The fourth-order valence-electron chi connectivity index (χ4n) is 2.51. The zero-order valence-corrected chi connectivity index (χ0v) is 13.6. The average Bonchev–Trinajstić information content (AvgIpc) is 3.30. The molecule has 0 radical (unpaired) electrons. The summed E-state index contributed by atoms with van der Waals surface area (Å²) in [4.78, 5) is 8.89. The standard InChI is InChI=1S/C17H16N6O2/c1-24-11-14-21-17(25-22-14)10-18-16-9-13(12-5-3-2-4-6-12)20-15-7-8-19-23(15)16/h2-9,18H,10-11H2,1H3. The van der Waals surface area contributed by atoms with Gasteiger partial charge in [0.05, 0.1) is 18.4 Å². The number of fused-ring (bicyclic) bond motifs is 1. The van der Waals surface area contributed by atoms with Crippen molar-refractivity contribution in [1.82, 2.24) is 24.7 Å². The normalized spacial score (nSPS) is 11.1. The van der Waals surface area contributed by atoms with Crippen LogP contribution >= 0.6 is 0 Å². The maximum absolute atomic E-state index is 5.20. The summed E-state index contributed by atoms with van der Waals surface area (Å²) in [5.74, 6) is 1.79. The summed E-state index contributed by atoms with van der Waals surface area (Å²) in [7, 11) is 1.59. The summed E-state index contributed by atoms with van der Waals surface area (Å²) in [6.07, 6.45) is 1.71. The number of hydrogen-bond donors (Lipinski definition) is 1. The number of nitrogens with zero attached hydrogens (tertiary/aromatic N) is 5. The molecule has 3 aromatic heterocycles. The van der Waals surface area contributed by atoms with E-state index in [1.807, 2.05) is 42.5 Å². The minimum absolute atomic E-state index is 0.320. The van der Waals surface area contributed by atoms with Gasteiger partial charge >= 0.3 is 0 Å². The Morgan fingerprint density at radius 2 is 2.04 bits per heavy atom. The molecule has 4 aromatic rings. The first-order chi connectivity index (χ1) is 12.3. The van der Waals surface area contributed by atoms with Crippen molar-refractivity contribution in [3.8, 4) is 11.3 Å². The molecule has 8 heteroatoms. The number of aromatic nitrogens is 5. The molecule has 3 heterocycles. The highest BCUT2D eigenvalue weighted by Gasteiger charge is 2.10. The molecule has 0 bridgehead atoms. The van der Waals surface area contributed by atoms with E-state index in [0.29, 0.717) is 24.9 Å². The molecule has 0 unspecified atom stereocenters. The van der Waals surface area contributed by atoms with Crippen LogP contribution in [0, 0.1) is 0 Å². The van der Waals surface area contributed by atoms with Crippen molar-refractivity contribution in [2.45, 2.75) is 13.2 Å². The second kappa shape index (κ2) is 6.70. The number of ether oxygens (including phenoxy) is 1. The summed E-state index contributed by atoms with van der Waals surface area (Å²) in [6, 6.07) is 13.8. The van der Waals surface area contributed by atoms with E-state index in [1.54, 1.807) is 17.8 Å². The molecule has 1 aromatic carbocycles. The van der Waals surface area contributed by atoms with Gasteiger partial charge in [-0.2, -0.15) is 14.6 Å². The highest BCUT2D eigenvalue weighted by Crippen LogP contribution is 2.22. The Balaban J connectivity index is 1.62. The summed E-state index contributed by atoms with van der Waals surface area (Å²) in [5.41, 5.74) is 2.66. The minimum atomic E-state index is 0.320. The SMILES string of the molecule is COCc1noc(CNc2cc(-c3ccccc3)nc3ccnn23)n1.